The van der Waals surface area contributed by atoms with Crippen molar-refractivity contribution >= 4 is 29.9 Å². The molecule has 0 saturated heterocycles. The van der Waals surface area contributed by atoms with E-state index in [0.29, 0.717) is 22.8 Å². The number of rotatable bonds is 4. The predicted octanol–water partition coefficient (Wildman–Crippen LogP) is 2.81. The molecule has 1 amide bonds. The van der Waals surface area contributed by atoms with Gasteiger partial charge in [0.1, 0.15) is 5.69 Å². The van der Waals surface area contributed by atoms with Crippen molar-refractivity contribution in [2.75, 3.05) is 19.6 Å². The van der Waals surface area contributed by atoms with Gasteiger partial charge in [-0.1, -0.05) is 41.4 Å². The highest BCUT2D eigenvalue weighted by Gasteiger charge is 2.19. The number of nitrogens with zero attached hydrogens (tertiary/aromatic N) is 2. The Morgan fingerprint density at radius 2 is 2.21 bits per heavy atom. The van der Waals surface area contributed by atoms with Gasteiger partial charge in [-0.25, -0.2) is 0 Å². The van der Waals surface area contributed by atoms with Gasteiger partial charge in [0.2, 0.25) is 0 Å². The monoisotopic (exact) mass is 366 g/mol. The van der Waals surface area contributed by atoms with Crippen molar-refractivity contribution in [3.63, 3.8) is 0 Å². The second-order valence-electron chi connectivity index (χ2n) is 5.54. The SMILES string of the molecule is Cl.Cn1cc(C(=O)NCC2=CCNCC2)c(-c2ccccc2Cl)n1. The van der Waals surface area contributed by atoms with Crippen molar-refractivity contribution in [2.24, 2.45) is 7.05 Å². The summed E-state index contributed by atoms with van der Waals surface area (Å²) < 4.78 is 1.64. The molecule has 5 nitrogen and oxygen atoms in total. The van der Waals surface area contributed by atoms with Crippen molar-refractivity contribution in [1.82, 2.24) is 20.4 Å². The molecular formula is C17H20Cl2N4O. The van der Waals surface area contributed by atoms with Crippen molar-refractivity contribution in [1.29, 1.82) is 0 Å². The molecule has 1 aromatic carbocycles. The Labute approximate surface area is 152 Å². The summed E-state index contributed by atoms with van der Waals surface area (Å²) >= 11 is 6.25. The van der Waals surface area contributed by atoms with Crippen LogP contribution in [-0.2, 0) is 7.05 Å². The molecule has 2 aromatic rings. The predicted molar refractivity (Wildman–Crippen MR) is 98.8 cm³/mol. The smallest absolute Gasteiger partial charge is 0.255 e. The van der Waals surface area contributed by atoms with E-state index in [2.05, 4.69) is 21.8 Å². The molecule has 1 aliphatic heterocycles. The van der Waals surface area contributed by atoms with Crippen LogP contribution < -0.4 is 10.6 Å². The number of carbonyl (C=O) groups excluding carboxylic acids is 1. The zero-order chi connectivity index (χ0) is 16.2. The van der Waals surface area contributed by atoms with E-state index in [-0.39, 0.29) is 18.3 Å². The molecule has 0 radical (unpaired) electrons. The maximum atomic E-state index is 12.6. The first-order valence-corrected chi connectivity index (χ1v) is 7.98. The second kappa shape index (κ2) is 8.33. The highest BCUT2D eigenvalue weighted by atomic mass is 35.5. The van der Waals surface area contributed by atoms with Gasteiger partial charge in [-0.2, -0.15) is 5.10 Å². The minimum absolute atomic E-state index is 0. The fraction of sp³-hybridized carbons (Fsp3) is 0.294. The molecule has 128 valence electrons. The molecule has 0 saturated carbocycles. The van der Waals surface area contributed by atoms with Gasteiger partial charge in [0, 0.05) is 31.9 Å². The first kappa shape index (κ1) is 18.5. The van der Waals surface area contributed by atoms with E-state index in [0.717, 1.165) is 25.1 Å². The lowest BCUT2D eigenvalue weighted by atomic mass is 10.1. The van der Waals surface area contributed by atoms with Crippen LogP contribution in [0.4, 0.5) is 0 Å². The molecule has 7 heteroatoms. The number of benzene rings is 1. The highest BCUT2D eigenvalue weighted by Crippen LogP contribution is 2.28. The summed E-state index contributed by atoms with van der Waals surface area (Å²) in [4.78, 5) is 12.6. The molecule has 0 fully saturated rings. The zero-order valence-corrected chi connectivity index (χ0v) is 15.0. The fourth-order valence-electron chi connectivity index (χ4n) is 2.63. The van der Waals surface area contributed by atoms with E-state index in [1.54, 1.807) is 24.0 Å². The number of aromatic nitrogens is 2. The highest BCUT2D eigenvalue weighted by molar-refractivity contribution is 6.33. The molecule has 0 unspecified atom stereocenters. The molecular weight excluding hydrogens is 347 g/mol. The van der Waals surface area contributed by atoms with E-state index in [1.165, 1.54) is 5.57 Å². The van der Waals surface area contributed by atoms with Gasteiger partial charge in [-0.15, -0.1) is 12.4 Å². The molecule has 1 aliphatic rings. The van der Waals surface area contributed by atoms with Crippen molar-refractivity contribution in [3.8, 4) is 11.3 Å². The topological polar surface area (TPSA) is 59.0 Å². The number of amides is 1. The van der Waals surface area contributed by atoms with Crippen LogP contribution in [0.15, 0.2) is 42.1 Å². The molecule has 0 aliphatic carbocycles. The molecule has 3 rings (SSSR count). The van der Waals surface area contributed by atoms with Gasteiger partial charge in [0.25, 0.3) is 5.91 Å². The third-order valence-corrected chi connectivity index (χ3v) is 4.17. The standard InChI is InChI=1S/C17H19ClN4O.ClH/c1-22-11-14(16(21-22)13-4-2-3-5-15(13)18)17(23)20-10-12-6-8-19-9-7-12;/h2-6,11,19H,7-10H2,1H3,(H,20,23);1H. The summed E-state index contributed by atoms with van der Waals surface area (Å²) in [5, 5.41) is 11.2. The summed E-state index contributed by atoms with van der Waals surface area (Å²) in [5.41, 5.74) is 3.16. The van der Waals surface area contributed by atoms with Crippen LogP contribution in [0.2, 0.25) is 5.02 Å². The zero-order valence-electron chi connectivity index (χ0n) is 13.4. The fourth-order valence-corrected chi connectivity index (χ4v) is 2.85. The molecule has 2 N–H and O–H groups in total. The molecule has 1 aromatic heterocycles. The molecule has 0 atom stereocenters. The molecule has 0 bridgehead atoms. The molecule has 24 heavy (non-hydrogen) atoms. The van der Waals surface area contributed by atoms with Crippen LogP contribution >= 0.6 is 24.0 Å². The lowest BCUT2D eigenvalue weighted by molar-refractivity contribution is 0.0957. The average molecular weight is 367 g/mol. The number of halogens is 2. The van der Waals surface area contributed by atoms with Crippen molar-refractivity contribution in [3.05, 3.63) is 52.7 Å². The van der Waals surface area contributed by atoms with Gasteiger partial charge in [-0.05, 0) is 19.0 Å². The largest absolute Gasteiger partial charge is 0.348 e. The normalized spacial score (nSPS) is 13.8. The second-order valence-corrected chi connectivity index (χ2v) is 5.95. The quantitative estimate of drug-likeness (QED) is 0.817. The molecule has 0 spiro atoms. The van der Waals surface area contributed by atoms with Crippen LogP contribution in [0.3, 0.4) is 0 Å². The third kappa shape index (κ3) is 4.17. The Bertz CT molecular complexity index is 755. The van der Waals surface area contributed by atoms with E-state index < -0.39 is 0 Å². The Kier molecular flexibility index (Phi) is 6.43. The van der Waals surface area contributed by atoms with Gasteiger partial charge in [0.15, 0.2) is 0 Å². The number of nitrogens with one attached hydrogen (secondary N) is 2. The van der Waals surface area contributed by atoms with Gasteiger partial charge >= 0.3 is 0 Å². The lowest BCUT2D eigenvalue weighted by Crippen LogP contribution is -2.29. The number of carbonyl (C=O) groups is 1. The molecule has 2 heterocycles. The number of hydrogen-bond acceptors (Lipinski definition) is 3. The van der Waals surface area contributed by atoms with Crippen LogP contribution in [0.25, 0.3) is 11.3 Å². The van der Waals surface area contributed by atoms with E-state index in [1.807, 2.05) is 18.2 Å². The first-order valence-electron chi connectivity index (χ1n) is 7.60. The Hall–Kier alpha value is -1.82. The van der Waals surface area contributed by atoms with E-state index in [9.17, 15) is 4.79 Å². The summed E-state index contributed by atoms with van der Waals surface area (Å²) in [6, 6.07) is 7.42. The van der Waals surface area contributed by atoms with Crippen LogP contribution in [0.5, 0.6) is 0 Å². The summed E-state index contributed by atoms with van der Waals surface area (Å²) in [5.74, 6) is -0.132. The Morgan fingerprint density at radius 1 is 1.42 bits per heavy atom. The van der Waals surface area contributed by atoms with Crippen molar-refractivity contribution < 1.29 is 4.79 Å². The third-order valence-electron chi connectivity index (χ3n) is 3.84. The average Bonchev–Trinajstić information content (AvgIpc) is 2.96. The summed E-state index contributed by atoms with van der Waals surface area (Å²) in [6.45, 7) is 2.39. The Balaban J connectivity index is 0.00000208. The maximum absolute atomic E-state index is 12.6. The van der Waals surface area contributed by atoms with Crippen molar-refractivity contribution in [2.45, 2.75) is 6.42 Å². The van der Waals surface area contributed by atoms with E-state index >= 15 is 0 Å². The van der Waals surface area contributed by atoms with Crippen LogP contribution in [-0.4, -0.2) is 35.3 Å². The van der Waals surface area contributed by atoms with Crippen LogP contribution in [0, 0.1) is 0 Å². The van der Waals surface area contributed by atoms with Gasteiger partial charge in [0.05, 0.1) is 10.6 Å². The Morgan fingerprint density at radius 3 is 2.92 bits per heavy atom. The summed E-state index contributed by atoms with van der Waals surface area (Å²) in [6.07, 6.45) is 4.82. The van der Waals surface area contributed by atoms with Crippen LogP contribution in [0.1, 0.15) is 16.8 Å². The van der Waals surface area contributed by atoms with Gasteiger partial charge < -0.3 is 10.6 Å². The summed E-state index contributed by atoms with van der Waals surface area (Å²) in [7, 11) is 1.80. The number of hydrogen-bond donors (Lipinski definition) is 2. The minimum Gasteiger partial charge on any atom is -0.348 e. The van der Waals surface area contributed by atoms with Gasteiger partial charge in [-0.3, -0.25) is 9.48 Å². The minimum atomic E-state index is -0.132. The first-order chi connectivity index (χ1) is 11.1. The van der Waals surface area contributed by atoms with E-state index in [4.69, 9.17) is 11.6 Å². The maximum Gasteiger partial charge on any atom is 0.255 e. The lowest BCUT2D eigenvalue weighted by Gasteiger charge is -2.14. The number of aryl methyl sites for hydroxylation is 1.